The number of amides is 4. The zero-order valence-corrected chi connectivity index (χ0v) is 11.6. The Morgan fingerprint density at radius 3 is 2.37 bits per heavy atom. The molecule has 0 aliphatic carbocycles. The van der Waals surface area contributed by atoms with Gasteiger partial charge in [-0.1, -0.05) is 13.8 Å². The second kappa shape index (κ2) is 4.59. The van der Waals surface area contributed by atoms with Crippen LogP contribution in [0.4, 0.5) is 4.79 Å². The zero-order chi connectivity index (χ0) is 14.4. The van der Waals surface area contributed by atoms with Gasteiger partial charge >= 0.3 is 6.03 Å². The van der Waals surface area contributed by atoms with Crippen LogP contribution in [0.1, 0.15) is 20.3 Å². The van der Waals surface area contributed by atoms with Gasteiger partial charge in [0, 0.05) is 0 Å². The van der Waals surface area contributed by atoms with E-state index in [1.807, 2.05) is 0 Å². The number of sulfone groups is 1. The molecule has 4 amide bonds. The first kappa shape index (κ1) is 14.0. The average Bonchev–Trinajstić information content (AvgIpc) is 2.57. The van der Waals surface area contributed by atoms with E-state index < -0.39 is 39.6 Å². The number of hydrogen-bond acceptors (Lipinski definition) is 5. The van der Waals surface area contributed by atoms with Gasteiger partial charge in [0.1, 0.15) is 5.92 Å². The maximum Gasteiger partial charge on any atom is 0.331 e. The summed E-state index contributed by atoms with van der Waals surface area (Å²) in [7, 11) is -3.20. The highest BCUT2D eigenvalue weighted by Gasteiger charge is 2.47. The Kier molecular flexibility index (Phi) is 3.38. The molecule has 8 heteroatoms. The van der Waals surface area contributed by atoms with E-state index in [9.17, 15) is 22.8 Å². The molecule has 1 N–H and O–H groups in total. The van der Waals surface area contributed by atoms with E-state index in [0.717, 1.165) is 4.90 Å². The van der Waals surface area contributed by atoms with E-state index in [4.69, 9.17) is 0 Å². The molecule has 7 nitrogen and oxygen atoms in total. The lowest BCUT2D eigenvalue weighted by Crippen LogP contribution is -2.62. The molecule has 2 heterocycles. The standard InChI is InChI=1S/C11H16N2O5S/c1-6(2)8-9(14)12-11(16)13(10(8)15)7-3-4-19(17,18)5-7/h6-8H,3-5H2,1-2H3,(H,12,14,16). The highest BCUT2D eigenvalue weighted by atomic mass is 32.2. The highest BCUT2D eigenvalue weighted by Crippen LogP contribution is 2.25. The number of urea groups is 1. The predicted octanol–water partition coefficient (Wildman–Crippen LogP) is -0.476. The third-order valence-electron chi connectivity index (χ3n) is 3.48. The summed E-state index contributed by atoms with van der Waals surface area (Å²) in [6, 6.07) is -1.47. The fraction of sp³-hybridized carbons (Fsp3) is 0.727. The highest BCUT2D eigenvalue weighted by molar-refractivity contribution is 7.91. The summed E-state index contributed by atoms with van der Waals surface area (Å²) in [5, 5.41) is 2.13. The number of imide groups is 2. The van der Waals surface area contributed by atoms with E-state index in [1.165, 1.54) is 0 Å². The van der Waals surface area contributed by atoms with Gasteiger partial charge < -0.3 is 0 Å². The Morgan fingerprint density at radius 1 is 1.26 bits per heavy atom. The molecule has 106 valence electrons. The molecular formula is C11H16N2O5S. The van der Waals surface area contributed by atoms with Gasteiger partial charge in [-0.15, -0.1) is 0 Å². The quantitative estimate of drug-likeness (QED) is 0.692. The summed E-state index contributed by atoms with van der Waals surface area (Å²) >= 11 is 0. The van der Waals surface area contributed by atoms with Crippen LogP contribution >= 0.6 is 0 Å². The molecule has 0 bridgehead atoms. The van der Waals surface area contributed by atoms with Gasteiger partial charge in [0.2, 0.25) is 11.8 Å². The van der Waals surface area contributed by atoms with Crippen LogP contribution in [0.2, 0.25) is 0 Å². The number of rotatable bonds is 2. The van der Waals surface area contributed by atoms with Crippen LogP contribution in [0.5, 0.6) is 0 Å². The Labute approximate surface area is 111 Å². The van der Waals surface area contributed by atoms with Crippen LogP contribution in [0.3, 0.4) is 0 Å². The molecule has 0 spiro atoms. The van der Waals surface area contributed by atoms with E-state index in [-0.39, 0.29) is 23.8 Å². The van der Waals surface area contributed by atoms with Gasteiger partial charge in [-0.05, 0) is 12.3 Å². The maximum absolute atomic E-state index is 12.2. The monoisotopic (exact) mass is 288 g/mol. The number of nitrogens with one attached hydrogen (secondary N) is 1. The number of hydrogen-bond donors (Lipinski definition) is 1. The first-order chi connectivity index (χ1) is 8.73. The summed E-state index contributed by atoms with van der Waals surface area (Å²) in [6.07, 6.45) is 0.237. The lowest BCUT2D eigenvalue weighted by Gasteiger charge is -2.34. The van der Waals surface area contributed by atoms with Crippen molar-refractivity contribution in [3.63, 3.8) is 0 Å². The normalized spacial score (nSPS) is 30.9. The molecule has 2 atom stereocenters. The summed E-state index contributed by atoms with van der Waals surface area (Å²) in [5.41, 5.74) is 0. The average molecular weight is 288 g/mol. The minimum absolute atomic E-state index is 0.0327. The van der Waals surface area contributed by atoms with Gasteiger partial charge in [-0.3, -0.25) is 19.8 Å². The molecule has 2 aliphatic rings. The topological polar surface area (TPSA) is 101 Å². The van der Waals surface area contributed by atoms with Crippen LogP contribution < -0.4 is 5.32 Å². The lowest BCUT2D eigenvalue weighted by atomic mass is 9.91. The van der Waals surface area contributed by atoms with Gasteiger partial charge in [0.05, 0.1) is 17.5 Å². The van der Waals surface area contributed by atoms with Crippen LogP contribution in [-0.2, 0) is 19.4 Å². The number of nitrogens with zero attached hydrogens (tertiary/aromatic N) is 1. The molecule has 2 unspecified atom stereocenters. The smallest absolute Gasteiger partial charge is 0.277 e. The van der Waals surface area contributed by atoms with Gasteiger partial charge in [-0.25, -0.2) is 13.2 Å². The van der Waals surface area contributed by atoms with Crippen LogP contribution in [0, 0.1) is 11.8 Å². The van der Waals surface area contributed by atoms with Crippen molar-refractivity contribution in [2.24, 2.45) is 11.8 Å². The van der Waals surface area contributed by atoms with Gasteiger partial charge in [-0.2, -0.15) is 0 Å². The zero-order valence-electron chi connectivity index (χ0n) is 10.8. The molecule has 2 fully saturated rings. The molecule has 2 aliphatic heterocycles. The Bertz CT molecular complexity index is 539. The SMILES string of the molecule is CC(C)C1C(=O)NC(=O)N(C2CCS(=O)(=O)C2)C1=O. The van der Waals surface area contributed by atoms with Crippen LogP contribution in [0.15, 0.2) is 0 Å². The van der Waals surface area contributed by atoms with Crippen molar-refractivity contribution in [1.29, 1.82) is 0 Å². The van der Waals surface area contributed by atoms with Gasteiger partial charge in [0.25, 0.3) is 0 Å². The van der Waals surface area contributed by atoms with Crippen molar-refractivity contribution < 1.29 is 22.8 Å². The predicted molar refractivity (Wildman–Crippen MR) is 65.8 cm³/mol. The van der Waals surface area contributed by atoms with Crippen molar-refractivity contribution in [3.8, 4) is 0 Å². The molecule has 0 aromatic carbocycles. The Hall–Kier alpha value is -1.44. The fourth-order valence-electron chi connectivity index (χ4n) is 2.52. The second-order valence-electron chi connectivity index (χ2n) is 5.28. The summed E-state index contributed by atoms with van der Waals surface area (Å²) in [5.74, 6) is -2.63. The number of barbiturate groups is 1. The molecule has 0 aromatic heterocycles. The van der Waals surface area contributed by atoms with Crippen molar-refractivity contribution in [2.75, 3.05) is 11.5 Å². The lowest BCUT2D eigenvalue weighted by molar-refractivity contribution is -0.145. The number of carbonyl (C=O) groups is 3. The van der Waals surface area contributed by atoms with Crippen molar-refractivity contribution in [1.82, 2.24) is 10.2 Å². The fourth-order valence-corrected chi connectivity index (χ4v) is 4.22. The van der Waals surface area contributed by atoms with Crippen molar-refractivity contribution in [2.45, 2.75) is 26.3 Å². The Morgan fingerprint density at radius 2 is 1.89 bits per heavy atom. The summed E-state index contributed by atoms with van der Waals surface area (Å²) in [4.78, 5) is 36.6. The van der Waals surface area contributed by atoms with E-state index in [1.54, 1.807) is 13.8 Å². The molecule has 0 radical (unpaired) electrons. The molecule has 19 heavy (non-hydrogen) atoms. The van der Waals surface area contributed by atoms with Crippen LogP contribution in [-0.4, -0.2) is 48.7 Å². The number of carbonyl (C=O) groups excluding carboxylic acids is 3. The van der Waals surface area contributed by atoms with Crippen LogP contribution in [0.25, 0.3) is 0 Å². The first-order valence-electron chi connectivity index (χ1n) is 6.11. The first-order valence-corrected chi connectivity index (χ1v) is 7.93. The molecule has 2 rings (SSSR count). The molecule has 0 aromatic rings. The summed E-state index contributed by atoms with van der Waals surface area (Å²) < 4.78 is 22.9. The van der Waals surface area contributed by atoms with Gasteiger partial charge in [0.15, 0.2) is 9.84 Å². The molecular weight excluding hydrogens is 272 g/mol. The molecule has 2 saturated heterocycles. The largest absolute Gasteiger partial charge is 0.331 e. The van der Waals surface area contributed by atoms with E-state index in [2.05, 4.69) is 5.32 Å². The summed E-state index contributed by atoms with van der Waals surface area (Å²) in [6.45, 7) is 3.42. The maximum atomic E-state index is 12.2. The minimum Gasteiger partial charge on any atom is -0.277 e. The van der Waals surface area contributed by atoms with Crippen molar-refractivity contribution in [3.05, 3.63) is 0 Å². The molecule has 0 saturated carbocycles. The van der Waals surface area contributed by atoms with Crippen molar-refractivity contribution >= 4 is 27.7 Å². The second-order valence-corrected chi connectivity index (χ2v) is 7.51. The third kappa shape index (κ3) is 2.49. The van der Waals surface area contributed by atoms with E-state index in [0.29, 0.717) is 0 Å². The third-order valence-corrected chi connectivity index (χ3v) is 5.23. The van der Waals surface area contributed by atoms with E-state index >= 15 is 0 Å². The minimum atomic E-state index is -3.20. The Balaban J connectivity index is 2.27.